The topological polar surface area (TPSA) is 73.9 Å². The molecule has 31 heavy (non-hydrogen) atoms. The first kappa shape index (κ1) is 22.2. The number of nitrogens with one attached hydrogen (secondary N) is 1. The third-order valence-corrected chi connectivity index (χ3v) is 3.99. The molecular formula is C19H13F6NO5. The molecule has 1 amide bonds. The molecule has 6 nitrogen and oxygen atoms in total. The molecule has 1 heterocycles. The van der Waals surface area contributed by atoms with Crippen LogP contribution in [-0.2, 0) is 26.7 Å². The number of esters is 1. The van der Waals surface area contributed by atoms with Crippen molar-refractivity contribution in [3.8, 4) is 11.5 Å². The van der Waals surface area contributed by atoms with E-state index in [9.17, 15) is 35.9 Å². The highest BCUT2D eigenvalue weighted by Crippen LogP contribution is 2.37. The summed E-state index contributed by atoms with van der Waals surface area (Å²) in [6, 6.07) is 7.06. The van der Waals surface area contributed by atoms with Crippen LogP contribution >= 0.6 is 0 Å². The molecule has 0 fully saturated rings. The van der Waals surface area contributed by atoms with E-state index in [-0.39, 0.29) is 18.4 Å². The number of amides is 1. The van der Waals surface area contributed by atoms with Crippen molar-refractivity contribution in [1.29, 1.82) is 0 Å². The third kappa shape index (κ3) is 5.58. The second kappa shape index (κ2) is 8.36. The smallest absolute Gasteiger partial charge is 0.416 e. The first-order valence-electron chi connectivity index (χ1n) is 8.58. The molecule has 1 aliphatic rings. The van der Waals surface area contributed by atoms with Gasteiger partial charge in [0.2, 0.25) is 6.10 Å². The molecule has 0 saturated carbocycles. The largest absolute Gasteiger partial charge is 0.485 e. The summed E-state index contributed by atoms with van der Waals surface area (Å²) < 4.78 is 92.6. The van der Waals surface area contributed by atoms with Gasteiger partial charge in [-0.05, 0) is 30.3 Å². The second-order valence-corrected chi connectivity index (χ2v) is 6.31. The molecule has 0 spiro atoms. The van der Waals surface area contributed by atoms with Crippen molar-refractivity contribution < 1.29 is 50.1 Å². The lowest BCUT2D eigenvalue weighted by Gasteiger charge is -2.24. The Labute approximate surface area is 170 Å². The minimum absolute atomic E-state index is 0.0755. The number of carbonyl (C=O) groups excluding carboxylic acids is 2. The highest BCUT2D eigenvalue weighted by molar-refractivity contribution is 5.93. The Bertz CT molecular complexity index is 956. The molecule has 3 rings (SSSR count). The maximum Gasteiger partial charge on any atom is 0.416 e. The summed E-state index contributed by atoms with van der Waals surface area (Å²) >= 11 is 0. The predicted octanol–water partition coefficient (Wildman–Crippen LogP) is 4.05. The summed E-state index contributed by atoms with van der Waals surface area (Å²) in [5, 5.41) is 1.85. The Morgan fingerprint density at radius 3 is 2.13 bits per heavy atom. The van der Waals surface area contributed by atoms with Crippen molar-refractivity contribution in [3.63, 3.8) is 0 Å². The van der Waals surface area contributed by atoms with Gasteiger partial charge in [-0.15, -0.1) is 0 Å². The lowest BCUT2D eigenvalue weighted by molar-refractivity contribution is -0.156. The average molecular weight is 449 g/mol. The Kier molecular flexibility index (Phi) is 6.00. The Morgan fingerprint density at radius 2 is 1.55 bits per heavy atom. The number of anilines is 1. The zero-order valence-electron chi connectivity index (χ0n) is 15.3. The number of hydrogen-bond donors (Lipinski definition) is 1. The van der Waals surface area contributed by atoms with Crippen molar-refractivity contribution in [3.05, 3.63) is 53.6 Å². The first-order chi connectivity index (χ1) is 14.4. The second-order valence-electron chi connectivity index (χ2n) is 6.31. The van der Waals surface area contributed by atoms with Crippen molar-refractivity contribution in [2.45, 2.75) is 18.5 Å². The van der Waals surface area contributed by atoms with Gasteiger partial charge < -0.3 is 19.5 Å². The van der Waals surface area contributed by atoms with E-state index in [1.54, 1.807) is 18.2 Å². The van der Waals surface area contributed by atoms with Crippen LogP contribution in [0.5, 0.6) is 11.5 Å². The standard InChI is InChI=1S/C19H13F6NO5/c20-18(21,22)10-5-11(19(23,24)25)7-12(6-10)26-16(27)9-30-17(28)15-8-29-13-3-1-2-4-14(13)31-15/h1-7,15H,8-9H2,(H,26,27). The van der Waals surface area contributed by atoms with Crippen molar-refractivity contribution in [1.82, 2.24) is 0 Å². The van der Waals surface area contributed by atoms with E-state index in [4.69, 9.17) is 14.2 Å². The number of hydrogen-bond acceptors (Lipinski definition) is 5. The molecule has 166 valence electrons. The molecule has 12 heteroatoms. The van der Waals surface area contributed by atoms with Crippen molar-refractivity contribution >= 4 is 17.6 Å². The zero-order chi connectivity index (χ0) is 22.8. The van der Waals surface area contributed by atoms with Gasteiger partial charge in [0.1, 0.15) is 6.61 Å². The molecule has 1 N–H and O–H groups in total. The highest BCUT2D eigenvalue weighted by atomic mass is 19.4. The van der Waals surface area contributed by atoms with Gasteiger partial charge in [-0.1, -0.05) is 12.1 Å². The van der Waals surface area contributed by atoms with Gasteiger partial charge >= 0.3 is 18.3 Å². The summed E-state index contributed by atoms with van der Waals surface area (Å²) in [6.07, 6.45) is -11.3. The van der Waals surface area contributed by atoms with Crippen LogP contribution in [0.1, 0.15) is 11.1 Å². The molecular weight excluding hydrogens is 436 g/mol. The maximum absolute atomic E-state index is 12.9. The van der Waals surface area contributed by atoms with Crippen LogP contribution < -0.4 is 14.8 Å². The van der Waals surface area contributed by atoms with Gasteiger partial charge in [-0.3, -0.25) is 4.79 Å². The van der Waals surface area contributed by atoms with Gasteiger partial charge in [0, 0.05) is 5.69 Å². The number of halogens is 6. The summed E-state index contributed by atoms with van der Waals surface area (Å²) in [7, 11) is 0. The normalized spacial score (nSPS) is 15.9. The van der Waals surface area contributed by atoms with Crippen LogP contribution in [-0.4, -0.2) is 31.2 Å². The first-order valence-corrected chi connectivity index (χ1v) is 8.58. The fourth-order valence-electron chi connectivity index (χ4n) is 2.59. The third-order valence-electron chi connectivity index (χ3n) is 3.99. The Hall–Kier alpha value is -3.44. The molecule has 1 unspecified atom stereocenters. The van der Waals surface area contributed by atoms with E-state index in [0.29, 0.717) is 17.9 Å². The molecule has 0 saturated heterocycles. The van der Waals surface area contributed by atoms with E-state index in [0.717, 1.165) is 0 Å². The fraction of sp³-hybridized carbons (Fsp3) is 0.263. The average Bonchev–Trinajstić information content (AvgIpc) is 2.70. The molecule has 2 aromatic carbocycles. The SMILES string of the molecule is O=C(COC(=O)C1COc2ccccc2O1)Nc1cc(C(F)(F)F)cc(C(F)(F)F)c1. The van der Waals surface area contributed by atoms with Crippen LogP contribution in [0.15, 0.2) is 42.5 Å². The van der Waals surface area contributed by atoms with Gasteiger partial charge in [0.15, 0.2) is 18.1 Å². The monoisotopic (exact) mass is 449 g/mol. The van der Waals surface area contributed by atoms with Crippen LogP contribution in [0.3, 0.4) is 0 Å². The fourth-order valence-corrected chi connectivity index (χ4v) is 2.59. The minimum Gasteiger partial charge on any atom is -0.485 e. The van der Waals surface area contributed by atoms with Crippen LogP contribution in [0.2, 0.25) is 0 Å². The Balaban J connectivity index is 1.62. The number of carbonyl (C=O) groups is 2. The predicted molar refractivity (Wildman–Crippen MR) is 92.4 cm³/mol. The number of para-hydroxylation sites is 2. The maximum atomic E-state index is 12.9. The van der Waals surface area contributed by atoms with E-state index in [1.165, 1.54) is 6.07 Å². The van der Waals surface area contributed by atoms with Crippen molar-refractivity contribution in [2.75, 3.05) is 18.5 Å². The number of benzene rings is 2. The molecule has 0 aromatic heterocycles. The highest BCUT2D eigenvalue weighted by Gasteiger charge is 2.37. The lowest BCUT2D eigenvalue weighted by atomic mass is 10.1. The minimum atomic E-state index is -5.07. The number of alkyl halides is 6. The van der Waals surface area contributed by atoms with Crippen molar-refractivity contribution in [2.24, 2.45) is 0 Å². The number of fused-ring (bicyclic) bond motifs is 1. The quantitative estimate of drug-likeness (QED) is 0.564. The summed E-state index contributed by atoms with van der Waals surface area (Å²) in [5.74, 6) is -1.47. The van der Waals surface area contributed by atoms with Gasteiger partial charge in [-0.2, -0.15) is 26.3 Å². The van der Waals surface area contributed by atoms with Gasteiger partial charge in [-0.25, -0.2) is 4.79 Å². The lowest BCUT2D eigenvalue weighted by Crippen LogP contribution is -2.39. The molecule has 2 aromatic rings. The number of ether oxygens (including phenoxy) is 3. The molecule has 1 atom stereocenters. The molecule has 1 aliphatic heterocycles. The molecule has 0 bridgehead atoms. The number of rotatable bonds is 4. The van der Waals surface area contributed by atoms with E-state index in [1.807, 2.05) is 5.32 Å². The van der Waals surface area contributed by atoms with E-state index in [2.05, 4.69) is 0 Å². The van der Waals surface area contributed by atoms with E-state index < -0.39 is 53.8 Å². The Morgan fingerprint density at radius 1 is 0.968 bits per heavy atom. The summed E-state index contributed by atoms with van der Waals surface area (Å²) in [6.45, 7) is -1.17. The van der Waals surface area contributed by atoms with E-state index >= 15 is 0 Å². The van der Waals surface area contributed by atoms with Crippen LogP contribution in [0.4, 0.5) is 32.0 Å². The van der Waals surface area contributed by atoms with Gasteiger partial charge in [0.25, 0.3) is 5.91 Å². The zero-order valence-corrected chi connectivity index (χ0v) is 15.3. The molecule has 0 radical (unpaired) electrons. The van der Waals surface area contributed by atoms with Gasteiger partial charge in [0.05, 0.1) is 11.1 Å². The summed E-state index contributed by atoms with van der Waals surface area (Å²) in [4.78, 5) is 23.9. The molecule has 0 aliphatic carbocycles. The van der Waals surface area contributed by atoms with Crippen LogP contribution in [0, 0.1) is 0 Å². The van der Waals surface area contributed by atoms with Crippen LogP contribution in [0.25, 0.3) is 0 Å². The summed E-state index contributed by atoms with van der Waals surface area (Å²) in [5.41, 5.74) is -3.95.